The standard InChI is InChI=1S/C16H13ClN2O4/c17-11-5-3-10(4-6-11)15-12(9-23-19-15)16(21)18-8-13(20)14-2-1-7-22-14/h1-7,9,13,20H,8H2,(H,18,21). The van der Waals surface area contributed by atoms with Gasteiger partial charge in [-0.1, -0.05) is 28.9 Å². The quantitative estimate of drug-likeness (QED) is 0.749. The van der Waals surface area contributed by atoms with Crippen molar-refractivity contribution in [2.45, 2.75) is 6.10 Å². The first-order valence-electron chi connectivity index (χ1n) is 6.85. The number of aromatic nitrogens is 1. The zero-order valence-electron chi connectivity index (χ0n) is 11.9. The van der Waals surface area contributed by atoms with Crippen molar-refractivity contribution in [3.63, 3.8) is 0 Å². The lowest BCUT2D eigenvalue weighted by Gasteiger charge is -2.09. The molecule has 0 saturated carbocycles. The van der Waals surface area contributed by atoms with E-state index >= 15 is 0 Å². The third-order valence-electron chi connectivity index (χ3n) is 3.26. The summed E-state index contributed by atoms with van der Waals surface area (Å²) in [5.74, 6) is -0.0182. The van der Waals surface area contributed by atoms with Crippen LogP contribution in [0.2, 0.25) is 5.02 Å². The van der Waals surface area contributed by atoms with Gasteiger partial charge in [0, 0.05) is 10.6 Å². The molecular weight excluding hydrogens is 320 g/mol. The molecule has 0 bridgehead atoms. The van der Waals surface area contributed by atoms with E-state index in [9.17, 15) is 9.90 Å². The molecule has 2 heterocycles. The molecule has 0 aliphatic heterocycles. The zero-order valence-corrected chi connectivity index (χ0v) is 12.7. The first-order chi connectivity index (χ1) is 11.1. The second-order valence-corrected chi connectivity index (χ2v) is 5.26. The maximum absolute atomic E-state index is 12.3. The molecule has 0 spiro atoms. The molecule has 0 fully saturated rings. The van der Waals surface area contributed by atoms with Crippen LogP contribution in [0.1, 0.15) is 22.2 Å². The van der Waals surface area contributed by atoms with Crippen molar-refractivity contribution < 1.29 is 18.8 Å². The zero-order chi connectivity index (χ0) is 16.2. The highest BCUT2D eigenvalue weighted by Gasteiger charge is 2.19. The van der Waals surface area contributed by atoms with E-state index < -0.39 is 12.0 Å². The highest BCUT2D eigenvalue weighted by Crippen LogP contribution is 2.24. The van der Waals surface area contributed by atoms with Gasteiger partial charge in [-0.15, -0.1) is 0 Å². The Morgan fingerprint density at radius 1 is 1.30 bits per heavy atom. The molecule has 1 unspecified atom stereocenters. The summed E-state index contributed by atoms with van der Waals surface area (Å²) < 4.78 is 9.98. The van der Waals surface area contributed by atoms with Gasteiger partial charge in [-0.2, -0.15) is 0 Å². The molecule has 0 aliphatic carbocycles. The number of nitrogens with one attached hydrogen (secondary N) is 1. The molecule has 0 radical (unpaired) electrons. The van der Waals surface area contributed by atoms with E-state index in [4.69, 9.17) is 20.5 Å². The number of benzene rings is 1. The van der Waals surface area contributed by atoms with E-state index in [-0.39, 0.29) is 12.1 Å². The number of aliphatic hydroxyl groups is 1. The average Bonchev–Trinajstić information content (AvgIpc) is 3.24. The third kappa shape index (κ3) is 3.44. The molecule has 23 heavy (non-hydrogen) atoms. The summed E-state index contributed by atoms with van der Waals surface area (Å²) >= 11 is 5.85. The topological polar surface area (TPSA) is 88.5 Å². The van der Waals surface area contributed by atoms with Gasteiger partial charge in [-0.25, -0.2) is 0 Å². The second-order valence-electron chi connectivity index (χ2n) is 4.82. The predicted molar refractivity (Wildman–Crippen MR) is 83.0 cm³/mol. The van der Waals surface area contributed by atoms with Crippen LogP contribution in [-0.2, 0) is 0 Å². The van der Waals surface area contributed by atoms with Crippen molar-refractivity contribution in [3.05, 3.63) is 65.3 Å². The maximum atomic E-state index is 12.3. The van der Waals surface area contributed by atoms with Crippen LogP contribution < -0.4 is 5.32 Å². The number of aliphatic hydroxyl groups excluding tert-OH is 1. The van der Waals surface area contributed by atoms with Gasteiger partial charge in [0.2, 0.25) is 0 Å². The summed E-state index contributed by atoms with van der Waals surface area (Å²) in [5, 5.41) is 17.0. The fourth-order valence-electron chi connectivity index (χ4n) is 2.08. The number of hydrogen-bond donors (Lipinski definition) is 2. The molecule has 1 atom stereocenters. The maximum Gasteiger partial charge on any atom is 0.256 e. The number of amides is 1. The molecule has 0 saturated heterocycles. The smallest absolute Gasteiger partial charge is 0.256 e. The number of carbonyl (C=O) groups is 1. The van der Waals surface area contributed by atoms with E-state index in [0.717, 1.165) is 0 Å². The number of carbonyl (C=O) groups excluding carboxylic acids is 1. The van der Waals surface area contributed by atoms with Crippen molar-refractivity contribution in [1.29, 1.82) is 0 Å². The summed E-state index contributed by atoms with van der Waals surface area (Å²) in [7, 11) is 0. The SMILES string of the molecule is O=C(NCC(O)c1ccco1)c1conc1-c1ccc(Cl)cc1. The van der Waals surface area contributed by atoms with E-state index in [1.165, 1.54) is 12.5 Å². The number of furan rings is 1. The summed E-state index contributed by atoms with van der Waals surface area (Å²) in [6.45, 7) is 0.0115. The molecule has 1 amide bonds. The Kier molecular flexibility index (Phi) is 4.45. The highest BCUT2D eigenvalue weighted by atomic mass is 35.5. The van der Waals surface area contributed by atoms with Crippen LogP contribution in [0, 0.1) is 0 Å². The fourth-order valence-corrected chi connectivity index (χ4v) is 2.21. The summed E-state index contributed by atoms with van der Waals surface area (Å²) in [4.78, 5) is 12.3. The van der Waals surface area contributed by atoms with Gasteiger partial charge in [-0.05, 0) is 24.3 Å². The second kappa shape index (κ2) is 6.68. The van der Waals surface area contributed by atoms with Gasteiger partial charge >= 0.3 is 0 Å². The first-order valence-corrected chi connectivity index (χ1v) is 7.23. The van der Waals surface area contributed by atoms with Gasteiger partial charge < -0.3 is 19.4 Å². The van der Waals surface area contributed by atoms with E-state index in [2.05, 4.69) is 10.5 Å². The molecular formula is C16H13ClN2O4. The lowest BCUT2D eigenvalue weighted by Crippen LogP contribution is -2.28. The Hall–Kier alpha value is -2.57. The lowest BCUT2D eigenvalue weighted by atomic mass is 10.1. The molecule has 6 nitrogen and oxygen atoms in total. The third-order valence-corrected chi connectivity index (χ3v) is 3.51. The molecule has 7 heteroatoms. The van der Waals surface area contributed by atoms with Crippen molar-refractivity contribution in [1.82, 2.24) is 10.5 Å². The molecule has 118 valence electrons. The van der Waals surface area contributed by atoms with Crippen LogP contribution in [0.5, 0.6) is 0 Å². The van der Waals surface area contributed by atoms with Crippen LogP contribution >= 0.6 is 11.6 Å². The number of nitrogens with zero attached hydrogens (tertiary/aromatic N) is 1. The minimum absolute atomic E-state index is 0.0115. The summed E-state index contributed by atoms with van der Waals surface area (Å²) in [5.41, 5.74) is 1.39. The largest absolute Gasteiger partial charge is 0.467 e. The van der Waals surface area contributed by atoms with Crippen molar-refractivity contribution in [2.24, 2.45) is 0 Å². The Morgan fingerprint density at radius 3 is 2.78 bits per heavy atom. The van der Waals surface area contributed by atoms with E-state index in [1.54, 1.807) is 36.4 Å². The number of hydrogen-bond acceptors (Lipinski definition) is 5. The number of halogens is 1. The highest BCUT2D eigenvalue weighted by molar-refractivity contribution is 6.30. The summed E-state index contributed by atoms with van der Waals surface area (Å²) in [6, 6.07) is 10.2. The molecule has 2 aromatic heterocycles. The molecule has 0 aliphatic rings. The van der Waals surface area contributed by atoms with Crippen LogP contribution in [-0.4, -0.2) is 22.7 Å². The van der Waals surface area contributed by atoms with Crippen LogP contribution in [0.3, 0.4) is 0 Å². The normalized spacial score (nSPS) is 12.1. The molecule has 3 rings (SSSR count). The summed E-state index contributed by atoms with van der Waals surface area (Å²) in [6.07, 6.45) is 1.80. The molecule has 2 N–H and O–H groups in total. The van der Waals surface area contributed by atoms with Gasteiger partial charge in [0.15, 0.2) is 0 Å². The Bertz CT molecular complexity index is 781. The van der Waals surface area contributed by atoms with Crippen molar-refractivity contribution in [2.75, 3.05) is 6.54 Å². The van der Waals surface area contributed by atoms with Crippen molar-refractivity contribution in [3.8, 4) is 11.3 Å². The number of rotatable bonds is 5. The monoisotopic (exact) mass is 332 g/mol. The average molecular weight is 333 g/mol. The van der Waals surface area contributed by atoms with E-state index in [1.807, 2.05) is 0 Å². The van der Waals surface area contributed by atoms with Gasteiger partial charge in [0.1, 0.15) is 29.4 Å². The van der Waals surface area contributed by atoms with Gasteiger partial charge in [0.25, 0.3) is 5.91 Å². The van der Waals surface area contributed by atoms with Gasteiger partial charge in [-0.3, -0.25) is 4.79 Å². The van der Waals surface area contributed by atoms with E-state index in [0.29, 0.717) is 22.0 Å². The predicted octanol–water partition coefficient (Wildman–Crippen LogP) is 3.05. The van der Waals surface area contributed by atoms with Crippen molar-refractivity contribution >= 4 is 17.5 Å². The van der Waals surface area contributed by atoms with Crippen LogP contribution in [0.15, 0.2) is 57.9 Å². The Morgan fingerprint density at radius 2 is 2.09 bits per heavy atom. The Balaban J connectivity index is 1.71. The first kappa shape index (κ1) is 15.3. The minimum Gasteiger partial charge on any atom is -0.467 e. The fraction of sp³-hybridized carbons (Fsp3) is 0.125. The van der Waals surface area contributed by atoms with Crippen LogP contribution in [0.4, 0.5) is 0 Å². The molecule has 3 aromatic rings. The lowest BCUT2D eigenvalue weighted by molar-refractivity contribution is 0.0901. The Labute approximate surface area is 136 Å². The van der Waals surface area contributed by atoms with Crippen LogP contribution in [0.25, 0.3) is 11.3 Å². The van der Waals surface area contributed by atoms with Gasteiger partial charge in [0.05, 0.1) is 12.8 Å². The minimum atomic E-state index is -0.923. The molecule has 1 aromatic carbocycles.